The van der Waals surface area contributed by atoms with E-state index in [0.717, 1.165) is 41.3 Å². The summed E-state index contributed by atoms with van der Waals surface area (Å²) in [6.07, 6.45) is 2.74. The van der Waals surface area contributed by atoms with Crippen molar-refractivity contribution >= 4 is 17.3 Å². The fraction of sp³-hybridized carbons (Fsp3) is 0.333. The molecule has 4 nitrogen and oxygen atoms in total. The highest BCUT2D eigenvalue weighted by molar-refractivity contribution is 7.13. The summed E-state index contributed by atoms with van der Waals surface area (Å²) in [6.45, 7) is 0. The van der Waals surface area contributed by atoms with Crippen LogP contribution in [0, 0.1) is 0 Å². The first-order valence-electron chi connectivity index (χ1n) is 6.71. The standard InChI is InChI=1S/C15H13NO3S/c17-15(18)13-12(8-5-6-8)16-14(20-13)11-7-9-3-1-2-4-10(9)19-11/h1-4,8,11H,5-7H2,(H,17,18). The SMILES string of the molecule is O=C(O)c1sc(C2Cc3ccccc3O2)nc1C1CC1. The zero-order valence-electron chi connectivity index (χ0n) is 10.7. The number of thiazole rings is 1. The van der Waals surface area contributed by atoms with E-state index in [1.54, 1.807) is 0 Å². The zero-order valence-corrected chi connectivity index (χ0v) is 11.5. The Labute approximate surface area is 120 Å². The molecule has 20 heavy (non-hydrogen) atoms. The van der Waals surface area contributed by atoms with Crippen LogP contribution in [0.3, 0.4) is 0 Å². The molecule has 0 spiro atoms. The summed E-state index contributed by atoms with van der Waals surface area (Å²) in [6, 6.07) is 7.93. The molecule has 1 aliphatic carbocycles. The Morgan fingerprint density at radius 2 is 2.15 bits per heavy atom. The Morgan fingerprint density at radius 3 is 2.85 bits per heavy atom. The van der Waals surface area contributed by atoms with Crippen LogP contribution in [0.25, 0.3) is 0 Å². The van der Waals surface area contributed by atoms with E-state index in [2.05, 4.69) is 4.98 Å². The number of aromatic carboxylic acids is 1. The van der Waals surface area contributed by atoms with Crippen molar-refractivity contribution in [2.45, 2.75) is 31.3 Å². The number of carboxylic acid groups (broad SMARTS) is 1. The number of para-hydroxylation sites is 1. The van der Waals surface area contributed by atoms with Gasteiger partial charge in [-0.05, 0) is 24.5 Å². The molecule has 4 rings (SSSR count). The van der Waals surface area contributed by atoms with Crippen LogP contribution in [0.15, 0.2) is 24.3 Å². The highest BCUT2D eigenvalue weighted by Crippen LogP contribution is 2.45. The smallest absolute Gasteiger partial charge is 0.347 e. The number of nitrogens with zero attached hydrogens (tertiary/aromatic N) is 1. The lowest BCUT2D eigenvalue weighted by atomic mass is 10.1. The molecule has 102 valence electrons. The van der Waals surface area contributed by atoms with Gasteiger partial charge in [-0.2, -0.15) is 0 Å². The van der Waals surface area contributed by atoms with Gasteiger partial charge in [0, 0.05) is 12.3 Å². The van der Waals surface area contributed by atoms with Crippen molar-refractivity contribution in [3.8, 4) is 5.75 Å². The molecule has 0 bridgehead atoms. The number of carboxylic acids is 1. The summed E-state index contributed by atoms with van der Waals surface area (Å²) in [7, 11) is 0. The molecular formula is C15H13NO3S. The number of ether oxygens (including phenoxy) is 1. The van der Waals surface area contributed by atoms with Crippen LogP contribution in [-0.2, 0) is 6.42 Å². The van der Waals surface area contributed by atoms with Crippen molar-refractivity contribution in [3.63, 3.8) is 0 Å². The van der Waals surface area contributed by atoms with Crippen molar-refractivity contribution < 1.29 is 14.6 Å². The van der Waals surface area contributed by atoms with Crippen LogP contribution < -0.4 is 4.74 Å². The van der Waals surface area contributed by atoms with Crippen molar-refractivity contribution in [1.29, 1.82) is 0 Å². The molecule has 1 unspecified atom stereocenters. The Bertz CT molecular complexity index is 665. The number of fused-ring (bicyclic) bond motifs is 1. The Hall–Kier alpha value is -1.88. The van der Waals surface area contributed by atoms with E-state index < -0.39 is 5.97 Å². The fourth-order valence-electron chi connectivity index (χ4n) is 2.59. The fourth-order valence-corrected chi connectivity index (χ4v) is 3.61. The highest BCUT2D eigenvalue weighted by Gasteiger charge is 2.35. The molecule has 2 aromatic rings. The normalized spacial score (nSPS) is 20.5. The molecule has 1 aliphatic heterocycles. The van der Waals surface area contributed by atoms with Gasteiger partial charge in [0.2, 0.25) is 0 Å². The first-order valence-corrected chi connectivity index (χ1v) is 7.52. The highest BCUT2D eigenvalue weighted by atomic mass is 32.1. The van der Waals surface area contributed by atoms with Crippen molar-refractivity contribution in [1.82, 2.24) is 4.98 Å². The average Bonchev–Trinajstić information content (AvgIpc) is 3.04. The van der Waals surface area contributed by atoms with E-state index in [0.29, 0.717) is 10.8 Å². The maximum atomic E-state index is 11.3. The monoisotopic (exact) mass is 287 g/mol. The molecule has 1 atom stereocenters. The van der Waals surface area contributed by atoms with Gasteiger partial charge in [-0.3, -0.25) is 0 Å². The summed E-state index contributed by atoms with van der Waals surface area (Å²) in [4.78, 5) is 16.3. The van der Waals surface area contributed by atoms with Gasteiger partial charge >= 0.3 is 5.97 Å². The molecule has 2 heterocycles. The van der Waals surface area contributed by atoms with E-state index in [1.165, 1.54) is 11.3 Å². The summed E-state index contributed by atoms with van der Waals surface area (Å²) < 4.78 is 5.90. The molecule has 1 saturated carbocycles. The molecule has 1 aromatic carbocycles. The minimum Gasteiger partial charge on any atom is -0.483 e. The van der Waals surface area contributed by atoms with E-state index in [9.17, 15) is 9.90 Å². The lowest BCUT2D eigenvalue weighted by Crippen LogP contribution is -2.02. The zero-order chi connectivity index (χ0) is 13.7. The molecule has 0 amide bonds. The lowest BCUT2D eigenvalue weighted by Gasteiger charge is -2.06. The molecule has 1 aromatic heterocycles. The third kappa shape index (κ3) is 1.89. The number of hydrogen-bond donors (Lipinski definition) is 1. The van der Waals surface area contributed by atoms with E-state index in [1.807, 2.05) is 24.3 Å². The molecular weight excluding hydrogens is 274 g/mol. The quantitative estimate of drug-likeness (QED) is 0.940. The number of benzene rings is 1. The van der Waals surface area contributed by atoms with E-state index in [-0.39, 0.29) is 6.10 Å². The van der Waals surface area contributed by atoms with Crippen LogP contribution in [0.5, 0.6) is 5.75 Å². The first kappa shape index (κ1) is 11.9. The molecule has 0 radical (unpaired) electrons. The predicted octanol–water partition coefficient (Wildman–Crippen LogP) is 3.39. The Balaban J connectivity index is 1.67. The minimum absolute atomic E-state index is 0.136. The second-order valence-electron chi connectivity index (χ2n) is 5.26. The van der Waals surface area contributed by atoms with Crippen LogP contribution in [0.4, 0.5) is 0 Å². The van der Waals surface area contributed by atoms with Gasteiger partial charge in [0.1, 0.15) is 15.6 Å². The largest absolute Gasteiger partial charge is 0.483 e. The second kappa shape index (κ2) is 4.31. The molecule has 2 aliphatic rings. The minimum atomic E-state index is -0.869. The Morgan fingerprint density at radius 1 is 1.35 bits per heavy atom. The van der Waals surface area contributed by atoms with Gasteiger partial charge in [-0.1, -0.05) is 18.2 Å². The van der Waals surface area contributed by atoms with E-state index >= 15 is 0 Å². The van der Waals surface area contributed by atoms with Crippen LogP contribution >= 0.6 is 11.3 Å². The maximum absolute atomic E-state index is 11.3. The van der Waals surface area contributed by atoms with Crippen molar-refractivity contribution in [2.75, 3.05) is 0 Å². The average molecular weight is 287 g/mol. The molecule has 1 fully saturated rings. The topological polar surface area (TPSA) is 59.4 Å². The number of aromatic nitrogens is 1. The predicted molar refractivity (Wildman–Crippen MR) is 74.6 cm³/mol. The van der Waals surface area contributed by atoms with Gasteiger partial charge in [-0.25, -0.2) is 9.78 Å². The van der Waals surface area contributed by atoms with Crippen LogP contribution in [0.2, 0.25) is 0 Å². The summed E-state index contributed by atoms with van der Waals surface area (Å²) >= 11 is 1.27. The third-order valence-electron chi connectivity index (χ3n) is 3.75. The Kier molecular flexibility index (Phi) is 2.57. The van der Waals surface area contributed by atoms with Crippen molar-refractivity contribution in [2.24, 2.45) is 0 Å². The van der Waals surface area contributed by atoms with Crippen molar-refractivity contribution in [3.05, 3.63) is 45.4 Å². The summed E-state index contributed by atoms with van der Waals surface area (Å²) in [5, 5.41) is 10.1. The molecule has 0 saturated heterocycles. The lowest BCUT2D eigenvalue weighted by molar-refractivity contribution is 0.0700. The van der Waals surface area contributed by atoms with Crippen LogP contribution in [0.1, 0.15) is 50.8 Å². The first-order chi connectivity index (χ1) is 9.72. The second-order valence-corrected chi connectivity index (χ2v) is 6.29. The third-order valence-corrected chi connectivity index (χ3v) is 4.90. The number of rotatable bonds is 3. The molecule has 1 N–H and O–H groups in total. The summed E-state index contributed by atoms with van der Waals surface area (Å²) in [5.41, 5.74) is 1.93. The molecule has 5 heteroatoms. The van der Waals surface area contributed by atoms with E-state index in [4.69, 9.17) is 4.74 Å². The van der Waals surface area contributed by atoms with Gasteiger partial charge in [0.15, 0.2) is 6.10 Å². The van der Waals surface area contributed by atoms with Gasteiger partial charge in [0.05, 0.1) is 5.69 Å². The number of hydrogen-bond acceptors (Lipinski definition) is 4. The van der Waals surface area contributed by atoms with Crippen LogP contribution in [-0.4, -0.2) is 16.1 Å². The van der Waals surface area contributed by atoms with Gasteiger partial charge in [0.25, 0.3) is 0 Å². The van der Waals surface area contributed by atoms with Gasteiger partial charge < -0.3 is 9.84 Å². The number of carbonyl (C=O) groups is 1. The van der Waals surface area contributed by atoms with Gasteiger partial charge in [-0.15, -0.1) is 11.3 Å². The maximum Gasteiger partial charge on any atom is 0.347 e. The summed E-state index contributed by atoms with van der Waals surface area (Å²) in [5.74, 6) is 0.360.